The molecule has 0 saturated carbocycles. The monoisotopic (exact) mass is 350 g/mol. The van der Waals surface area contributed by atoms with Crippen LogP contribution >= 0.6 is 0 Å². The molecule has 1 N–H and O–H groups in total. The van der Waals surface area contributed by atoms with Gasteiger partial charge in [0.15, 0.2) is 0 Å². The average Bonchev–Trinajstić information content (AvgIpc) is 3.19. The van der Waals surface area contributed by atoms with Gasteiger partial charge in [-0.2, -0.15) is 13.2 Å². The minimum absolute atomic E-state index is 0.0268. The maximum atomic E-state index is 12.6. The molecule has 1 amide bonds. The summed E-state index contributed by atoms with van der Waals surface area (Å²) < 4.78 is 37.8. The Morgan fingerprint density at radius 3 is 3.00 bits per heavy atom. The Labute approximate surface area is 141 Å². The third-order valence-corrected chi connectivity index (χ3v) is 5.06. The van der Waals surface area contributed by atoms with Crippen LogP contribution in [-0.2, 0) is 4.79 Å². The molecule has 1 saturated heterocycles. The van der Waals surface area contributed by atoms with Crippen molar-refractivity contribution in [3.8, 4) is 0 Å². The maximum absolute atomic E-state index is 12.6. The van der Waals surface area contributed by atoms with Gasteiger partial charge < -0.3 is 9.88 Å². The number of H-pyrrole nitrogens is 1. The van der Waals surface area contributed by atoms with Gasteiger partial charge in [0.2, 0.25) is 5.91 Å². The van der Waals surface area contributed by atoms with E-state index in [9.17, 15) is 18.0 Å². The number of aromatic nitrogens is 3. The minimum atomic E-state index is -4.47. The van der Waals surface area contributed by atoms with E-state index in [0.717, 1.165) is 28.7 Å². The quantitative estimate of drug-likeness (QED) is 0.904. The number of aromatic amines is 1. The van der Waals surface area contributed by atoms with Crippen LogP contribution in [0, 0.1) is 5.92 Å². The molecule has 2 atom stereocenters. The smallest absolute Gasteiger partial charge is 0.346 e. The number of carbonyl (C=O) groups excluding carboxylic acids is 1. The predicted octanol–water partition coefficient (Wildman–Crippen LogP) is 3.30. The first-order valence-electron chi connectivity index (χ1n) is 8.29. The molecule has 0 spiro atoms. The number of hydrogen-bond donors (Lipinski definition) is 1. The van der Waals surface area contributed by atoms with Gasteiger partial charge >= 0.3 is 6.18 Å². The lowest BCUT2D eigenvalue weighted by Gasteiger charge is -2.39. The second-order valence-electron chi connectivity index (χ2n) is 6.55. The number of alkyl halides is 3. The zero-order valence-corrected chi connectivity index (χ0v) is 13.4. The number of hydrogen-bond acceptors (Lipinski definition) is 3. The van der Waals surface area contributed by atoms with Gasteiger partial charge in [0.05, 0.1) is 5.69 Å². The number of piperidine rings is 1. The molecular formula is C17H17F3N4O. The van der Waals surface area contributed by atoms with E-state index in [1.165, 1.54) is 11.2 Å². The van der Waals surface area contributed by atoms with Crippen molar-refractivity contribution in [3.05, 3.63) is 30.4 Å². The third kappa shape index (κ3) is 2.89. The van der Waals surface area contributed by atoms with Gasteiger partial charge in [-0.3, -0.25) is 4.79 Å². The third-order valence-electron chi connectivity index (χ3n) is 5.06. The highest BCUT2D eigenvalue weighted by atomic mass is 19.4. The van der Waals surface area contributed by atoms with Crippen molar-refractivity contribution in [1.29, 1.82) is 0 Å². The van der Waals surface area contributed by atoms with Gasteiger partial charge in [-0.25, -0.2) is 9.97 Å². The van der Waals surface area contributed by atoms with E-state index in [1.807, 2.05) is 12.1 Å². The van der Waals surface area contributed by atoms with Crippen LogP contribution in [0.4, 0.5) is 13.2 Å². The molecule has 8 heteroatoms. The van der Waals surface area contributed by atoms with Crippen molar-refractivity contribution in [1.82, 2.24) is 19.9 Å². The minimum Gasteiger partial charge on any atom is -0.346 e. The van der Waals surface area contributed by atoms with Gasteiger partial charge in [-0.05, 0) is 30.9 Å². The Morgan fingerprint density at radius 1 is 1.36 bits per heavy atom. The molecule has 1 fully saturated rings. The van der Waals surface area contributed by atoms with Crippen LogP contribution in [0.5, 0.6) is 0 Å². The Hall–Kier alpha value is -2.38. The van der Waals surface area contributed by atoms with Gasteiger partial charge in [0.1, 0.15) is 18.4 Å². The topological polar surface area (TPSA) is 61.9 Å². The summed E-state index contributed by atoms with van der Waals surface area (Å²) in [4.78, 5) is 25.2. The Bertz CT molecular complexity index is 842. The molecule has 1 aliphatic carbocycles. The summed E-state index contributed by atoms with van der Waals surface area (Å²) in [6.45, 7) is 0.389. The van der Waals surface area contributed by atoms with Crippen molar-refractivity contribution in [2.45, 2.75) is 37.9 Å². The number of likely N-dealkylation sites (tertiary alicyclic amines) is 1. The molecule has 0 radical (unpaired) electrons. The van der Waals surface area contributed by atoms with Gasteiger partial charge in [-0.1, -0.05) is 6.08 Å². The van der Waals surface area contributed by atoms with Crippen LogP contribution in [0.1, 0.15) is 31.4 Å². The normalized spacial score (nSPS) is 23.6. The number of halogens is 3. The summed E-state index contributed by atoms with van der Waals surface area (Å²) in [6.07, 6.45) is 1.55. The number of carbonyl (C=O) groups is 1. The van der Waals surface area contributed by atoms with Crippen molar-refractivity contribution in [2.75, 3.05) is 6.54 Å². The first kappa shape index (κ1) is 16.1. The molecule has 25 heavy (non-hydrogen) atoms. The van der Waals surface area contributed by atoms with E-state index in [2.05, 4.69) is 15.0 Å². The molecule has 2 aromatic heterocycles. The Balaban J connectivity index is 1.61. The van der Waals surface area contributed by atoms with Crippen LogP contribution in [0.15, 0.2) is 24.7 Å². The van der Waals surface area contributed by atoms with Crippen LogP contribution in [0.2, 0.25) is 0 Å². The highest BCUT2D eigenvalue weighted by Crippen LogP contribution is 2.43. The van der Waals surface area contributed by atoms with Gasteiger partial charge in [-0.15, -0.1) is 0 Å². The molecule has 2 unspecified atom stereocenters. The van der Waals surface area contributed by atoms with Gasteiger partial charge in [0, 0.05) is 30.1 Å². The fourth-order valence-electron chi connectivity index (χ4n) is 4.07. The highest BCUT2D eigenvalue weighted by molar-refractivity contribution is 5.89. The summed E-state index contributed by atoms with van der Waals surface area (Å²) >= 11 is 0. The zero-order chi connectivity index (χ0) is 17.6. The Morgan fingerprint density at radius 2 is 2.20 bits per heavy atom. The summed E-state index contributed by atoms with van der Waals surface area (Å²) in [6, 6.07) is 1.69. The number of nitrogens with zero attached hydrogens (tertiary/aromatic N) is 3. The molecule has 1 aliphatic heterocycles. The first-order valence-corrected chi connectivity index (χ1v) is 8.29. The van der Waals surface area contributed by atoms with Crippen LogP contribution in [-0.4, -0.2) is 44.5 Å². The van der Waals surface area contributed by atoms with E-state index < -0.39 is 18.5 Å². The lowest BCUT2D eigenvalue weighted by molar-refractivity contribution is -0.164. The molecule has 5 nitrogen and oxygen atoms in total. The molecule has 2 aliphatic rings. The molecule has 0 bridgehead atoms. The number of amides is 1. The number of fused-ring (bicyclic) bond motifs is 2. The van der Waals surface area contributed by atoms with Crippen LogP contribution < -0.4 is 0 Å². The molecule has 2 aromatic rings. The molecule has 4 rings (SSSR count). The largest absolute Gasteiger partial charge is 0.397 e. The summed E-state index contributed by atoms with van der Waals surface area (Å²) in [5.74, 6) is -0.801. The lowest BCUT2D eigenvalue weighted by atomic mass is 9.85. The molecule has 3 heterocycles. The first-order chi connectivity index (χ1) is 11.9. The average molecular weight is 350 g/mol. The van der Waals surface area contributed by atoms with E-state index >= 15 is 0 Å². The van der Waals surface area contributed by atoms with Gasteiger partial charge in [0.25, 0.3) is 0 Å². The zero-order valence-electron chi connectivity index (χ0n) is 13.4. The van der Waals surface area contributed by atoms with Crippen LogP contribution in [0.25, 0.3) is 16.6 Å². The van der Waals surface area contributed by atoms with Crippen molar-refractivity contribution in [2.24, 2.45) is 5.92 Å². The van der Waals surface area contributed by atoms with E-state index in [4.69, 9.17) is 0 Å². The Kier molecular flexibility index (Phi) is 3.77. The standard InChI is InChI=1S/C17H17F3N4O/c18-17(19,20)8-14(25)24-7-1-2-10-11(3-4-13(10)24)15-12-5-6-21-16(12)23-9-22-15/h3,5-6,9-10,13H,1-2,4,7-8H2,(H,21,22,23). The second kappa shape index (κ2) is 5.86. The maximum Gasteiger partial charge on any atom is 0.397 e. The number of rotatable bonds is 2. The number of nitrogens with one attached hydrogen (secondary N) is 1. The second-order valence-corrected chi connectivity index (χ2v) is 6.55. The van der Waals surface area contributed by atoms with E-state index in [0.29, 0.717) is 19.4 Å². The highest BCUT2D eigenvalue weighted by Gasteiger charge is 2.42. The van der Waals surface area contributed by atoms with Crippen molar-refractivity contribution >= 4 is 22.5 Å². The SMILES string of the molecule is O=C(CC(F)(F)F)N1CCCC2C(c3ncnc4[nH]ccc34)=CCC21. The van der Waals surface area contributed by atoms with E-state index in [-0.39, 0.29) is 12.0 Å². The van der Waals surface area contributed by atoms with Crippen molar-refractivity contribution in [3.63, 3.8) is 0 Å². The summed E-state index contributed by atoms with van der Waals surface area (Å²) in [5.41, 5.74) is 2.56. The summed E-state index contributed by atoms with van der Waals surface area (Å²) in [7, 11) is 0. The lowest BCUT2D eigenvalue weighted by Crippen LogP contribution is -2.48. The van der Waals surface area contributed by atoms with Crippen molar-refractivity contribution < 1.29 is 18.0 Å². The molecule has 132 valence electrons. The van der Waals surface area contributed by atoms with E-state index in [1.54, 1.807) is 6.20 Å². The molecule has 0 aromatic carbocycles. The predicted molar refractivity (Wildman–Crippen MR) is 85.4 cm³/mol. The van der Waals surface area contributed by atoms with Crippen LogP contribution in [0.3, 0.4) is 0 Å². The summed E-state index contributed by atoms with van der Waals surface area (Å²) in [5, 5.41) is 0.896. The molecular weight excluding hydrogens is 333 g/mol. The fourth-order valence-corrected chi connectivity index (χ4v) is 4.07. The fraction of sp³-hybridized carbons (Fsp3) is 0.471.